The fraction of sp³-hybridized carbons (Fsp3) is 0.250. The maximum absolute atomic E-state index is 15.6. The zero-order chi connectivity index (χ0) is 25.5. The number of aryl methyl sites for hydroxylation is 1. The van der Waals surface area contributed by atoms with Gasteiger partial charge in [-0.25, -0.2) is 19.3 Å². The summed E-state index contributed by atoms with van der Waals surface area (Å²) in [4.78, 5) is 15.9. The second-order valence-corrected chi connectivity index (χ2v) is 10.1. The van der Waals surface area contributed by atoms with Gasteiger partial charge in [0, 0.05) is 48.6 Å². The lowest BCUT2D eigenvalue weighted by atomic mass is 9.89. The van der Waals surface area contributed by atoms with Crippen LogP contribution >= 0.6 is 11.3 Å². The van der Waals surface area contributed by atoms with Crippen LogP contribution in [-0.4, -0.2) is 45.9 Å². The smallest absolute Gasteiger partial charge is 0.199 e. The van der Waals surface area contributed by atoms with Crippen molar-refractivity contribution >= 4 is 27.4 Å². The molecule has 0 bridgehead atoms. The summed E-state index contributed by atoms with van der Waals surface area (Å²) in [7, 11) is 5.13. The Labute approximate surface area is 217 Å². The van der Waals surface area contributed by atoms with Crippen LogP contribution in [0.25, 0.3) is 43.4 Å². The summed E-state index contributed by atoms with van der Waals surface area (Å²) in [5.41, 5.74) is 2.32. The minimum Gasteiger partial charge on any atom is -0.494 e. The maximum Gasteiger partial charge on any atom is 0.199 e. The molecule has 0 unspecified atom stereocenters. The molecule has 1 saturated carbocycles. The molecule has 1 N–H and O–H groups in total. The molecule has 37 heavy (non-hydrogen) atoms. The molecule has 1 fully saturated rings. The fourth-order valence-corrected chi connectivity index (χ4v) is 5.98. The van der Waals surface area contributed by atoms with Crippen LogP contribution in [0.2, 0.25) is 0 Å². The minimum atomic E-state index is -0.401. The Hall–Kier alpha value is -3.82. The van der Waals surface area contributed by atoms with Gasteiger partial charge in [0.1, 0.15) is 10.6 Å². The van der Waals surface area contributed by atoms with Crippen molar-refractivity contribution in [2.45, 2.75) is 25.0 Å². The van der Waals surface area contributed by atoms with Crippen molar-refractivity contribution in [3.63, 3.8) is 0 Å². The molecule has 0 spiro atoms. The number of nitrogens with one attached hydrogen (secondary N) is 1. The zero-order valence-electron chi connectivity index (χ0n) is 20.7. The third kappa shape index (κ3) is 4.14. The van der Waals surface area contributed by atoms with Crippen LogP contribution in [-0.2, 0) is 11.8 Å². The largest absolute Gasteiger partial charge is 0.494 e. The molecule has 3 heterocycles. The van der Waals surface area contributed by atoms with E-state index in [-0.39, 0.29) is 17.9 Å². The van der Waals surface area contributed by atoms with Crippen molar-refractivity contribution in [2.24, 2.45) is 7.05 Å². The molecule has 7 nitrogen and oxygen atoms in total. The molecule has 5 aromatic rings. The van der Waals surface area contributed by atoms with E-state index in [2.05, 4.69) is 10.3 Å². The average Bonchev–Trinajstić information content (AvgIpc) is 3.50. The molecule has 0 aliphatic heterocycles. The predicted octanol–water partition coefficient (Wildman–Crippen LogP) is 6.16. The van der Waals surface area contributed by atoms with Crippen molar-refractivity contribution in [3.8, 4) is 39.0 Å². The number of benzene rings is 2. The molecule has 0 atom stereocenters. The lowest BCUT2D eigenvalue weighted by Crippen LogP contribution is -2.40. The first-order chi connectivity index (χ1) is 18.1. The standard InChI is InChI=1S/C28H26FN5O2S/c1-34-13-12-30-27(34)26-32-25(31-17-14-18(15-17)35-2)22-21(16-8-5-4-6-9-16)24(37-28(22)33-26)19-10-7-11-20(36-3)23(19)29/h4-13,17-18H,14-15H2,1-3H3,(H,31,32,33). The van der Waals surface area contributed by atoms with Gasteiger partial charge in [0.25, 0.3) is 0 Å². The van der Waals surface area contributed by atoms with Crippen molar-refractivity contribution in [3.05, 3.63) is 66.7 Å². The van der Waals surface area contributed by atoms with Crippen LogP contribution in [0, 0.1) is 5.82 Å². The summed E-state index contributed by atoms with van der Waals surface area (Å²) in [5.74, 6) is 1.70. The lowest BCUT2D eigenvalue weighted by Gasteiger charge is -2.35. The number of anilines is 1. The number of halogens is 1. The Kier molecular flexibility index (Phi) is 6.10. The molecule has 0 radical (unpaired) electrons. The summed E-state index contributed by atoms with van der Waals surface area (Å²) in [6.07, 6.45) is 5.61. The average molecular weight is 516 g/mol. The Balaban J connectivity index is 1.63. The first-order valence-electron chi connectivity index (χ1n) is 12.1. The minimum absolute atomic E-state index is 0.201. The Morgan fingerprint density at radius 3 is 2.57 bits per heavy atom. The summed E-state index contributed by atoms with van der Waals surface area (Å²) in [5, 5.41) is 4.51. The van der Waals surface area contributed by atoms with E-state index in [1.54, 1.807) is 31.5 Å². The van der Waals surface area contributed by atoms with E-state index < -0.39 is 5.82 Å². The van der Waals surface area contributed by atoms with E-state index in [4.69, 9.17) is 19.4 Å². The van der Waals surface area contributed by atoms with Gasteiger partial charge >= 0.3 is 0 Å². The van der Waals surface area contributed by atoms with E-state index in [1.165, 1.54) is 18.4 Å². The number of hydrogen-bond acceptors (Lipinski definition) is 7. The van der Waals surface area contributed by atoms with Crippen molar-refractivity contribution in [1.82, 2.24) is 19.5 Å². The van der Waals surface area contributed by atoms with Crippen LogP contribution in [0.1, 0.15) is 12.8 Å². The number of rotatable bonds is 7. The number of ether oxygens (including phenoxy) is 2. The van der Waals surface area contributed by atoms with Gasteiger partial charge in [0.2, 0.25) is 0 Å². The first kappa shape index (κ1) is 23.6. The highest BCUT2D eigenvalue weighted by Gasteiger charge is 2.31. The van der Waals surface area contributed by atoms with E-state index in [9.17, 15) is 0 Å². The predicted molar refractivity (Wildman–Crippen MR) is 144 cm³/mol. The molecular weight excluding hydrogens is 489 g/mol. The van der Waals surface area contributed by atoms with Crippen LogP contribution in [0.5, 0.6) is 5.75 Å². The van der Waals surface area contributed by atoms with Gasteiger partial charge in [-0.05, 0) is 24.5 Å². The highest BCUT2D eigenvalue weighted by molar-refractivity contribution is 7.22. The van der Waals surface area contributed by atoms with Crippen LogP contribution in [0.4, 0.5) is 10.2 Å². The number of nitrogens with zero attached hydrogens (tertiary/aromatic N) is 4. The SMILES string of the molecule is COc1cccc(-c2sc3nc(-c4nccn4C)nc(NC4CC(OC)C4)c3c2-c2ccccc2)c1F. The van der Waals surface area contributed by atoms with E-state index >= 15 is 4.39 Å². The zero-order valence-corrected chi connectivity index (χ0v) is 21.6. The maximum atomic E-state index is 15.6. The van der Waals surface area contributed by atoms with Gasteiger partial charge in [0.15, 0.2) is 23.2 Å². The number of thiophene rings is 1. The fourth-order valence-electron chi connectivity index (χ4n) is 4.77. The number of hydrogen-bond donors (Lipinski definition) is 1. The molecular formula is C28H26FN5O2S. The Morgan fingerprint density at radius 1 is 1.05 bits per heavy atom. The van der Waals surface area contributed by atoms with Crippen LogP contribution in [0.3, 0.4) is 0 Å². The highest BCUT2D eigenvalue weighted by Crippen LogP contribution is 2.48. The molecule has 2 aromatic carbocycles. The van der Waals surface area contributed by atoms with Crippen LogP contribution in [0.15, 0.2) is 60.9 Å². The van der Waals surface area contributed by atoms with Gasteiger partial charge in [-0.1, -0.05) is 42.5 Å². The molecule has 3 aromatic heterocycles. The third-order valence-corrected chi connectivity index (χ3v) is 7.95. The number of methoxy groups -OCH3 is 2. The molecule has 6 rings (SSSR count). The van der Waals surface area contributed by atoms with Gasteiger partial charge in [0.05, 0.1) is 18.6 Å². The molecule has 188 valence electrons. The van der Waals surface area contributed by atoms with E-state index in [1.807, 2.05) is 48.1 Å². The monoisotopic (exact) mass is 515 g/mol. The topological polar surface area (TPSA) is 74.1 Å². The lowest BCUT2D eigenvalue weighted by molar-refractivity contribution is 0.0328. The van der Waals surface area contributed by atoms with Gasteiger partial charge in [-0.2, -0.15) is 0 Å². The normalized spacial score (nSPS) is 17.1. The summed E-state index contributed by atoms with van der Waals surface area (Å²) >= 11 is 1.45. The molecule has 1 aliphatic rings. The summed E-state index contributed by atoms with van der Waals surface area (Å²) in [6.45, 7) is 0. The van der Waals surface area contributed by atoms with Gasteiger partial charge in [-0.15, -0.1) is 11.3 Å². The van der Waals surface area contributed by atoms with Gasteiger partial charge < -0.3 is 19.4 Å². The second-order valence-electron chi connectivity index (χ2n) is 9.10. The molecule has 1 aliphatic carbocycles. The van der Waals surface area contributed by atoms with Crippen LogP contribution < -0.4 is 10.1 Å². The second kappa shape index (κ2) is 9.57. The summed E-state index contributed by atoms with van der Waals surface area (Å²) < 4.78 is 28.3. The quantitative estimate of drug-likeness (QED) is 0.280. The number of imidazole rings is 1. The molecule has 0 amide bonds. The van der Waals surface area contributed by atoms with Crippen molar-refractivity contribution in [1.29, 1.82) is 0 Å². The Bertz CT molecular complexity index is 1580. The number of fused-ring (bicyclic) bond motifs is 1. The summed E-state index contributed by atoms with van der Waals surface area (Å²) in [6, 6.07) is 15.4. The van der Waals surface area contributed by atoms with Crippen molar-refractivity contribution in [2.75, 3.05) is 19.5 Å². The first-order valence-corrected chi connectivity index (χ1v) is 12.9. The number of aromatic nitrogens is 4. The Morgan fingerprint density at radius 2 is 1.86 bits per heavy atom. The highest BCUT2D eigenvalue weighted by atomic mass is 32.1. The van der Waals surface area contributed by atoms with Crippen molar-refractivity contribution < 1.29 is 13.9 Å². The van der Waals surface area contributed by atoms with Gasteiger partial charge in [-0.3, -0.25) is 0 Å². The van der Waals surface area contributed by atoms with E-state index in [0.29, 0.717) is 23.0 Å². The molecule has 9 heteroatoms. The van der Waals surface area contributed by atoms with E-state index in [0.717, 1.165) is 39.1 Å². The third-order valence-electron chi connectivity index (χ3n) is 6.83. The molecule has 0 saturated heterocycles.